The maximum atomic E-state index is 14.3. The zero-order chi connectivity index (χ0) is 17.1. The summed E-state index contributed by atoms with van der Waals surface area (Å²) in [5.74, 6) is -0.139. The second-order valence-corrected chi connectivity index (χ2v) is 7.28. The molecule has 0 spiro atoms. The molecule has 3 rings (SSSR count). The lowest BCUT2D eigenvalue weighted by molar-refractivity contribution is 0.251. The van der Waals surface area contributed by atoms with E-state index in [2.05, 4.69) is 6.92 Å². The zero-order valence-electron chi connectivity index (χ0n) is 14.3. The van der Waals surface area contributed by atoms with E-state index in [0.29, 0.717) is 23.3 Å². The van der Waals surface area contributed by atoms with E-state index in [9.17, 15) is 13.9 Å². The van der Waals surface area contributed by atoms with E-state index in [1.165, 1.54) is 50.7 Å². The first-order valence-corrected chi connectivity index (χ1v) is 9.18. The van der Waals surface area contributed by atoms with E-state index in [1.807, 2.05) is 0 Å². The van der Waals surface area contributed by atoms with Gasteiger partial charge in [0, 0.05) is 5.39 Å². The number of aromatic hydroxyl groups is 1. The van der Waals surface area contributed by atoms with Crippen molar-refractivity contribution in [1.29, 1.82) is 0 Å². The lowest BCUT2D eigenvalue weighted by Crippen LogP contribution is -2.15. The summed E-state index contributed by atoms with van der Waals surface area (Å²) in [5, 5.41) is 10.3. The number of phenols is 1. The van der Waals surface area contributed by atoms with Crippen molar-refractivity contribution in [2.45, 2.75) is 58.3 Å². The van der Waals surface area contributed by atoms with Crippen molar-refractivity contribution in [3.05, 3.63) is 41.5 Å². The molecule has 0 amide bonds. The normalized spacial score (nSPS) is 21.3. The Bertz CT molecular complexity index is 703. The number of rotatable bonds is 5. The van der Waals surface area contributed by atoms with Gasteiger partial charge in [-0.15, -0.1) is 0 Å². The molecule has 2 aromatic carbocycles. The van der Waals surface area contributed by atoms with E-state index < -0.39 is 11.6 Å². The fraction of sp³-hybridized carbons (Fsp3) is 0.524. The van der Waals surface area contributed by atoms with Crippen LogP contribution in [0, 0.1) is 23.5 Å². The van der Waals surface area contributed by atoms with E-state index in [0.717, 1.165) is 12.3 Å². The van der Waals surface area contributed by atoms with Gasteiger partial charge in [-0.25, -0.2) is 8.78 Å². The Morgan fingerprint density at radius 1 is 0.958 bits per heavy atom. The van der Waals surface area contributed by atoms with Gasteiger partial charge in [0.1, 0.15) is 5.75 Å². The third kappa shape index (κ3) is 3.71. The molecule has 0 radical (unpaired) electrons. The highest BCUT2D eigenvalue weighted by Crippen LogP contribution is 2.35. The van der Waals surface area contributed by atoms with Gasteiger partial charge in [0.25, 0.3) is 0 Å². The van der Waals surface area contributed by atoms with E-state index >= 15 is 0 Å². The van der Waals surface area contributed by atoms with Gasteiger partial charge in [-0.1, -0.05) is 51.5 Å². The summed E-state index contributed by atoms with van der Waals surface area (Å²) in [6.45, 7) is 2.24. The molecule has 0 saturated heterocycles. The summed E-state index contributed by atoms with van der Waals surface area (Å²) in [7, 11) is 0. The van der Waals surface area contributed by atoms with Crippen LogP contribution in [0.1, 0.15) is 57.4 Å². The van der Waals surface area contributed by atoms with E-state index in [-0.39, 0.29) is 11.1 Å². The molecule has 24 heavy (non-hydrogen) atoms. The third-order valence-electron chi connectivity index (χ3n) is 5.56. The van der Waals surface area contributed by atoms with Crippen LogP contribution in [0.5, 0.6) is 5.75 Å². The third-order valence-corrected chi connectivity index (χ3v) is 5.56. The van der Waals surface area contributed by atoms with Crippen molar-refractivity contribution in [2.24, 2.45) is 11.8 Å². The minimum absolute atomic E-state index is 0.0441. The van der Waals surface area contributed by atoms with Gasteiger partial charge in [0.05, 0.1) is 0 Å². The zero-order valence-corrected chi connectivity index (χ0v) is 14.3. The van der Waals surface area contributed by atoms with Crippen LogP contribution >= 0.6 is 0 Å². The molecule has 0 bridgehead atoms. The van der Waals surface area contributed by atoms with Crippen LogP contribution in [-0.2, 0) is 6.42 Å². The summed E-state index contributed by atoms with van der Waals surface area (Å²) < 4.78 is 28.6. The molecule has 130 valence electrons. The van der Waals surface area contributed by atoms with Gasteiger partial charge in [-0.2, -0.15) is 0 Å². The predicted molar refractivity (Wildman–Crippen MR) is 94.2 cm³/mol. The van der Waals surface area contributed by atoms with Crippen molar-refractivity contribution in [1.82, 2.24) is 0 Å². The second-order valence-electron chi connectivity index (χ2n) is 7.28. The molecule has 0 heterocycles. The summed E-state index contributed by atoms with van der Waals surface area (Å²) in [4.78, 5) is 0. The molecular weight excluding hydrogens is 306 g/mol. The quantitative estimate of drug-likeness (QED) is 0.675. The average Bonchev–Trinajstić information content (AvgIpc) is 2.59. The number of hydrogen-bond acceptors (Lipinski definition) is 1. The Morgan fingerprint density at radius 2 is 1.62 bits per heavy atom. The van der Waals surface area contributed by atoms with Crippen molar-refractivity contribution >= 4 is 10.8 Å². The standard InChI is InChI=1S/C21H26F2O/c1-2-3-14-4-6-15(7-5-14)8-9-17-12-16-10-11-18(24)13-19(16)21(23)20(17)22/h10-15,24H,2-9H2,1H3. The van der Waals surface area contributed by atoms with E-state index in [4.69, 9.17) is 0 Å². The minimum Gasteiger partial charge on any atom is -0.508 e. The highest BCUT2D eigenvalue weighted by Gasteiger charge is 2.21. The SMILES string of the molecule is CCCC1CCC(CCc2cc3ccc(O)cc3c(F)c2F)CC1. The van der Waals surface area contributed by atoms with Crippen LogP contribution in [0.2, 0.25) is 0 Å². The molecule has 2 aromatic rings. The van der Waals surface area contributed by atoms with Gasteiger partial charge in [-0.3, -0.25) is 0 Å². The molecule has 1 aliphatic rings. The Morgan fingerprint density at radius 3 is 2.29 bits per heavy atom. The molecule has 1 N–H and O–H groups in total. The van der Waals surface area contributed by atoms with Gasteiger partial charge < -0.3 is 5.11 Å². The Balaban J connectivity index is 1.68. The van der Waals surface area contributed by atoms with Crippen LogP contribution in [0.3, 0.4) is 0 Å². The number of halogens is 2. The fourth-order valence-corrected chi connectivity index (χ4v) is 4.13. The minimum atomic E-state index is -0.843. The maximum Gasteiger partial charge on any atom is 0.167 e. The van der Waals surface area contributed by atoms with Crippen LogP contribution in [0.4, 0.5) is 8.78 Å². The molecule has 1 nitrogen and oxygen atoms in total. The highest BCUT2D eigenvalue weighted by atomic mass is 19.2. The number of aryl methyl sites for hydroxylation is 1. The van der Waals surface area contributed by atoms with Crippen LogP contribution in [0.15, 0.2) is 24.3 Å². The summed E-state index contributed by atoms with van der Waals surface area (Å²) in [5.41, 5.74) is 0.460. The number of fused-ring (bicyclic) bond motifs is 1. The molecular formula is C21H26F2O. The molecule has 0 aromatic heterocycles. The highest BCUT2D eigenvalue weighted by molar-refractivity contribution is 5.85. The molecule has 3 heteroatoms. The summed E-state index contributed by atoms with van der Waals surface area (Å²) in [6.07, 6.45) is 9.10. The van der Waals surface area contributed by atoms with Crippen LogP contribution < -0.4 is 0 Å². The Kier molecular flexibility index (Phi) is 5.37. The smallest absolute Gasteiger partial charge is 0.167 e. The largest absolute Gasteiger partial charge is 0.508 e. The van der Waals surface area contributed by atoms with Crippen LogP contribution in [-0.4, -0.2) is 5.11 Å². The number of phenolic OH excluding ortho intramolecular Hbond substituents is 1. The second kappa shape index (κ2) is 7.50. The van der Waals surface area contributed by atoms with Gasteiger partial charge in [0.15, 0.2) is 11.6 Å². The Labute approximate surface area is 142 Å². The first-order chi connectivity index (χ1) is 11.6. The maximum absolute atomic E-state index is 14.3. The first-order valence-electron chi connectivity index (χ1n) is 9.18. The molecule has 1 saturated carbocycles. The molecule has 1 aliphatic carbocycles. The summed E-state index contributed by atoms with van der Waals surface area (Å²) >= 11 is 0. The number of benzene rings is 2. The molecule has 0 aliphatic heterocycles. The monoisotopic (exact) mass is 332 g/mol. The van der Waals surface area contributed by atoms with Gasteiger partial charge >= 0.3 is 0 Å². The lowest BCUT2D eigenvalue weighted by Gasteiger charge is -2.28. The van der Waals surface area contributed by atoms with E-state index in [1.54, 1.807) is 12.1 Å². The Hall–Kier alpha value is -1.64. The van der Waals surface area contributed by atoms with Crippen molar-refractivity contribution in [3.8, 4) is 5.75 Å². The van der Waals surface area contributed by atoms with Gasteiger partial charge in [-0.05, 0) is 53.8 Å². The fourth-order valence-electron chi connectivity index (χ4n) is 4.13. The molecule has 0 unspecified atom stereocenters. The first kappa shape index (κ1) is 17.2. The van der Waals surface area contributed by atoms with Crippen LogP contribution in [0.25, 0.3) is 10.8 Å². The van der Waals surface area contributed by atoms with Crippen molar-refractivity contribution in [3.63, 3.8) is 0 Å². The average molecular weight is 332 g/mol. The molecule has 0 atom stereocenters. The topological polar surface area (TPSA) is 20.2 Å². The van der Waals surface area contributed by atoms with Crippen molar-refractivity contribution in [2.75, 3.05) is 0 Å². The summed E-state index contributed by atoms with van der Waals surface area (Å²) in [6, 6.07) is 6.17. The molecule has 1 fully saturated rings. The predicted octanol–water partition coefficient (Wildman–Crippen LogP) is 6.36. The van der Waals surface area contributed by atoms with Gasteiger partial charge in [0.2, 0.25) is 0 Å². The lowest BCUT2D eigenvalue weighted by atomic mass is 9.78. The van der Waals surface area contributed by atoms with Crippen molar-refractivity contribution < 1.29 is 13.9 Å². The number of hydrogen-bond donors (Lipinski definition) is 1.